The zero-order chi connectivity index (χ0) is 19.0. The van der Waals surface area contributed by atoms with Gasteiger partial charge in [0.15, 0.2) is 10.8 Å². The van der Waals surface area contributed by atoms with Crippen molar-refractivity contribution in [1.29, 1.82) is 0 Å². The summed E-state index contributed by atoms with van der Waals surface area (Å²) in [6.07, 6.45) is 3.57. The Kier molecular flexibility index (Phi) is 4.45. The van der Waals surface area contributed by atoms with Crippen molar-refractivity contribution in [2.24, 2.45) is 7.05 Å². The topological polar surface area (TPSA) is 63.9 Å². The molecule has 4 rings (SSSR count). The lowest BCUT2D eigenvalue weighted by molar-refractivity contribution is 0.0978. The van der Waals surface area contributed by atoms with Crippen LogP contribution in [0.25, 0.3) is 10.2 Å². The number of aryl methyl sites for hydroxylation is 3. The maximum absolute atomic E-state index is 13.3. The minimum Gasteiger partial charge on any atom is -0.276 e. The summed E-state index contributed by atoms with van der Waals surface area (Å²) in [6.45, 7) is 4.28. The van der Waals surface area contributed by atoms with Crippen LogP contribution in [0, 0.1) is 13.8 Å². The van der Waals surface area contributed by atoms with E-state index < -0.39 is 0 Å². The molecule has 4 aromatic rings. The van der Waals surface area contributed by atoms with E-state index in [4.69, 9.17) is 4.98 Å². The number of carbonyl (C=O) groups is 1. The molecule has 3 aromatic heterocycles. The Hall–Kier alpha value is -3.06. The highest BCUT2D eigenvalue weighted by molar-refractivity contribution is 7.22. The third kappa shape index (κ3) is 3.46. The van der Waals surface area contributed by atoms with Gasteiger partial charge >= 0.3 is 0 Å². The second kappa shape index (κ2) is 6.92. The van der Waals surface area contributed by atoms with Gasteiger partial charge in [-0.05, 0) is 43.7 Å². The highest BCUT2D eigenvalue weighted by Crippen LogP contribution is 2.31. The summed E-state index contributed by atoms with van der Waals surface area (Å²) in [6, 6.07) is 11.8. The Morgan fingerprint density at radius 3 is 2.78 bits per heavy atom. The first-order valence-electron chi connectivity index (χ1n) is 8.60. The second-order valence-corrected chi connectivity index (χ2v) is 7.52. The number of carbonyl (C=O) groups excluding carboxylic acids is 1. The fraction of sp³-hybridized carbons (Fsp3) is 0.200. The van der Waals surface area contributed by atoms with E-state index in [1.807, 2.05) is 57.4 Å². The molecule has 136 valence electrons. The van der Waals surface area contributed by atoms with Crippen molar-refractivity contribution in [3.05, 3.63) is 71.3 Å². The molecule has 1 aromatic carbocycles. The van der Waals surface area contributed by atoms with Crippen LogP contribution >= 0.6 is 11.3 Å². The van der Waals surface area contributed by atoms with Gasteiger partial charge in [-0.2, -0.15) is 5.10 Å². The zero-order valence-corrected chi connectivity index (χ0v) is 16.2. The molecule has 0 aliphatic rings. The van der Waals surface area contributed by atoms with Crippen LogP contribution in [0.2, 0.25) is 0 Å². The van der Waals surface area contributed by atoms with Crippen molar-refractivity contribution < 1.29 is 4.79 Å². The van der Waals surface area contributed by atoms with Gasteiger partial charge in [0.2, 0.25) is 0 Å². The van der Waals surface area contributed by atoms with Crippen LogP contribution < -0.4 is 4.90 Å². The molecule has 0 spiro atoms. The first-order chi connectivity index (χ1) is 13.0. The number of pyridine rings is 1. The van der Waals surface area contributed by atoms with Gasteiger partial charge in [-0.25, -0.2) is 4.98 Å². The molecule has 0 aliphatic heterocycles. The summed E-state index contributed by atoms with van der Waals surface area (Å²) >= 11 is 1.51. The smallest absolute Gasteiger partial charge is 0.276 e. The van der Waals surface area contributed by atoms with E-state index in [0.717, 1.165) is 21.5 Å². The van der Waals surface area contributed by atoms with E-state index in [0.29, 0.717) is 17.4 Å². The van der Waals surface area contributed by atoms with E-state index >= 15 is 0 Å². The quantitative estimate of drug-likeness (QED) is 0.541. The molecule has 0 unspecified atom stereocenters. The van der Waals surface area contributed by atoms with Gasteiger partial charge < -0.3 is 0 Å². The molecule has 0 atom stereocenters. The summed E-state index contributed by atoms with van der Waals surface area (Å²) in [5.41, 5.74) is 4.13. The van der Waals surface area contributed by atoms with Crippen LogP contribution in [-0.4, -0.2) is 25.7 Å². The van der Waals surface area contributed by atoms with Crippen molar-refractivity contribution in [3.8, 4) is 0 Å². The second-order valence-electron chi connectivity index (χ2n) is 6.51. The van der Waals surface area contributed by atoms with Crippen LogP contribution in [0.3, 0.4) is 0 Å². The number of benzene rings is 1. The van der Waals surface area contributed by atoms with Crippen LogP contribution in [0.5, 0.6) is 0 Å². The van der Waals surface area contributed by atoms with Gasteiger partial charge in [0, 0.05) is 25.0 Å². The van der Waals surface area contributed by atoms with Crippen LogP contribution in [0.15, 0.2) is 48.8 Å². The summed E-state index contributed by atoms with van der Waals surface area (Å²) in [4.78, 5) is 24.0. The van der Waals surface area contributed by atoms with Crippen molar-refractivity contribution in [1.82, 2.24) is 19.7 Å². The first kappa shape index (κ1) is 17.4. The molecular formula is C20H19N5OS. The molecule has 0 radical (unpaired) electrons. The summed E-state index contributed by atoms with van der Waals surface area (Å²) in [5.74, 6) is -0.172. The highest BCUT2D eigenvalue weighted by atomic mass is 32.1. The summed E-state index contributed by atoms with van der Waals surface area (Å²) in [5, 5.41) is 5.00. The number of fused-ring (bicyclic) bond motifs is 1. The van der Waals surface area contributed by atoms with Crippen LogP contribution in [0.4, 0.5) is 5.13 Å². The number of anilines is 1. The fourth-order valence-electron chi connectivity index (χ4n) is 2.96. The Bertz CT molecular complexity index is 1120. The van der Waals surface area contributed by atoms with Crippen molar-refractivity contribution in [2.75, 3.05) is 4.90 Å². The third-order valence-electron chi connectivity index (χ3n) is 4.27. The van der Waals surface area contributed by atoms with Crippen molar-refractivity contribution in [3.63, 3.8) is 0 Å². The van der Waals surface area contributed by atoms with Gasteiger partial charge in [0.25, 0.3) is 5.91 Å². The van der Waals surface area contributed by atoms with Gasteiger partial charge in [0.05, 0.1) is 22.5 Å². The zero-order valence-electron chi connectivity index (χ0n) is 15.4. The lowest BCUT2D eigenvalue weighted by Gasteiger charge is -2.18. The molecule has 27 heavy (non-hydrogen) atoms. The molecule has 7 heteroatoms. The van der Waals surface area contributed by atoms with E-state index in [1.54, 1.807) is 15.8 Å². The molecule has 1 amide bonds. The van der Waals surface area contributed by atoms with Crippen molar-refractivity contribution in [2.45, 2.75) is 20.4 Å². The predicted molar refractivity (Wildman–Crippen MR) is 107 cm³/mol. The van der Waals surface area contributed by atoms with Crippen LogP contribution in [-0.2, 0) is 13.6 Å². The Balaban J connectivity index is 1.79. The maximum atomic E-state index is 13.3. The predicted octanol–water partition coefficient (Wildman–Crippen LogP) is 3.89. The number of thiazole rings is 1. The molecule has 0 saturated carbocycles. The Labute approximate surface area is 161 Å². The molecular weight excluding hydrogens is 358 g/mol. The molecule has 0 N–H and O–H groups in total. The Morgan fingerprint density at radius 1 is 1.22 bits per heavy atom. The lowest BCUT2D eigenvalue weighted by Crippen LogP contribution is -2.31. The normalized spacial score (nSPS) is 11.1. The molecule has 0 bridgehead atoms. The number of aromatic nitrogens is 4. The van der Waals surface area contributed by atoms with Gasteiger partial charge in [0.1, 0.15) is 0 Å². The molecule has 0 saturated heterocycles. The molecule has 3 heterocycles. The van der Waals surface area contributed by atoms with E-state index in [2.05, 4.69) is 16.1 Å². The molecule has 0 aliphatic carbocycles. The highest BCUT2D eigenvalue weighted by Gasteiger charge is 2.25. The largest absolute Gasteiger partial charge is 0.281 e. The Morgan fingerprint density at radius 2 is 2.07 bits per heavy atom. The first-order valence-corrected chi connectivity index (χ1v) is 9.42. The minimum atomic E-state index is -0.172. The average Bonchev–Trinajstić information content (AvgIpc) is 3.22. The number of nitrogens with zero attached hydrogens (tertiary/aromatic N) is 5. The fourth-order valence-corrected chi connectivity index (χ4v) is 4.02. The van der Waals surface area contributed by atoms with E-state index in [1.165, 1.54) is 16.9 Å². The number of hydrogen-bond acceptors (Lipinski definition) is 5. The van der Waals surface area contributed by atoms with Gasteiger partial charge in [-0.15, -0.1) is 0 Å². The lowest BCUT2D eigenvalue weighted by atomic mass is 10.2. The monoisotopic (exact) mass is 377 g/mol. The van der Waals surface area contributed by atoms with E-state index in [9.17, 15) is 4.79 Å². The number of amides is 1. The van der Waals surface area contributed by atoms with Crippen molar-refractivity contribution >= 4 is 32.6 Å². The maximum Gasteiger partial charge on any atom is 0.281 e. The van der Waals surface area contributed by atoms with E-state index in [-0.39, 0.29) is 5.91 Å². The molecule has 6 nitrogen and oxygen atoms in total. The average molecular weight is 377 g/mol. The van der Waals surface area contributed by atoms with Crippen LogP contribution in [0.1, 0.15) is 27.3 Å². The van der Waals surface area contributed by atoms with Gasteiger partial charge in [-0.1, -0.05) is 23.5 Å². The SMILES string of the molecule is Cc1ccc2nc(N(Cc3ccccn3)C(=O)c3nn(C)cc3C)sc2c1. The number of rotatable bonds is 4. The standard InChI is InChI=1S/C20H19N5OS/c1-13-7-8-16-17(10-13)27-20(22-16)25(12-15-6-4-5-9-21-15)19(26)18-14(2)11-24(3)23-18/h4-11H,12H2,1-3H3. The number of hydrogen-bond donors (Lipinski definition) is 0. The summed E-state index contributed by atoms with van der Waals surface area (Å²) in [7, 11) is 1.81. The molecule has 0 fully saturated rings. The minimum absolute atomic E-state index is 0.172. The van der Waals surface area contributed by atoms with Gasteiger partial charge in [-0.3, -0.25) is 19.4 Å². The summed E-state index contributed by atoms with van der Waals surface area (Å²) < 4.78 is 2.71. The third-order valence-corrected chi connectivity index (χ3v) is 5.31.